The van der Waals surface area contributed by atoms with Crippen molar-refractivity contribution in [3.8, 4) is 0 Å². The van der Waals surface area contributed by atoms with Gasteiger partial charge in [0.15, 0.2) is 5.78 Å². The van der Waals surface area contributed by atoms with Crippen LogP contribution in [0.4, 0.5) is 0 Å². The van der Waals surface area contributed by atoms with Gasteiger partial charge in [-0.25, -0.2) is 0 Å². The Labute approximate surface area is 142 Å². The third-order valence-electron chi connectivity index (χ3n) is 4.81. The summed E-state index contributed by atoms with van der Waals surface area (Å²) >= 11 is 0. The molecular weight excluding hydrogens is 304 g/mol. The lowest BCUT2D eigenvalue weighted by atomic mass is 9.90. The molecule has 1 aromatic carbocycles. The Morgan fingerprint density at radius 3 is 2.54 bits per heavy atom. The summed E-state index contributed by atoms with van der Waals surface area (Å²) in [5.41, 5.74) is 1.65. The maximum atomic E-state index is 12.2. The van der Waals surface area contributed by atoms with E-state index in [0.29, 0.717) is 11.5 Å². The molecule has 0 atom stereocenters. The number of nitrogens with one attached hydrogen (secondary N) is 1. The molecule has 2 aliphatic rings. The van der Waals surface area contributed by atoms with Crippen molar-refractivity contribution in [2.75, 3.05) is 19.6 Å². The standard InChI is InChI=1S/C19H24N2O3/c1-12(2)17(22)9-20-18(23)15-5-3-4-14(8-15)16-10-21(11-16)19(24)13-6-7-13/h3-5,8,12-13,16H,6-7,9-11H2,1-2H3,(H,20,23). The lowest BCUT2D eigenvalue weighted by Gasteiger charge is -2.40. The van der Waals surface area contributed by atoms with Crippen LogP contribution >= 0.6 is 0 Å². The minimum atomic E-state index is -0.226. The van der Waals surface area contributed by atoms with Crippen LogP contribution in [0.1, 0.15) is 48.5 Å². The lowest BCUT2D eigenvalue weighted by Crippen LogP contribution is -2.49. The molecule has 2 fully saturated rings. The van der Waals surface area contributed by atoms with Crippen molar-refractivity contribution >= 4 is 17.6 Å². The van der Waals surface area contributed by atoms with Crippen molar-refractivity contribution < 1.29 is 14.4 Å². The number of amides is 2. The smallest absolute Gasteiger partial charge is 0.251 e. The monoisotopic (exact) mass is 328 g/mol. The van der Waals surface area contributed by atoms with Gasteiger partial charge < -0.3 is 10.2 Å². The van der Waals surface area contributed by atoms with E-state index in [1.165, 1.54) is 0 Å². The van der Waals surface area contributed by atoms with Crippen molar-refractivity contribution in [3.63, 3.8) is 0 Å². The van der Waals surface area contributed by atoms with Gasteiger partial charge in [-0.2, -0.15) is 0 Å². The van der Waals surface area contributed by atoms with E-state index in [-0.39, 0.29) is 36.0 Å². The number of likely N-dealkylation sites (tertiary alicyclic amines) is 1. The van der Waals surface area contributed by atoms with Gasteiger partial charge in [0.05, 0.1) is 6.54 Å². The van der Waals surface area contributed by atoms with Crippen LogP contribution in [0.5, 0.6) is 0 Å². The number of hydrogen-bond acceptors (Lipinski definition) is 3. The molecule has 3 rings (SSSR count). The van der Waals surface area contributed by atoms with E-state index in [4.69, 9.17) is 0 Å². The normalized spacial score (nSPS) is 17.5. The van der Waals surface area contributed by atoms with Gasteiger partial charge >= 0.3 is 0 Å². The first kappa shape index (κ1) is 16.7. The van der Waals surface area contributed by atoms with Gasteiger partial charge in [0.1, 0.15) is 0 Å². The predicted molar refractivity (Wildman–Crippen MR) is 90.7 cm³/mol. The van der Waals surface area contributed by atoms with Gasteiger partial charge in [-0.1, -0.05) is 26.0 Å². The van der Waals surface area contributed by atoms with Crippen molar-refractivity contribution in [2.45, 2.75) is 32.6 Å². The molecule has 5 nitrogen and oxygen atoms in total. The number of carbonyl (C=O) groups is 3. The summed E-state index contributed by atoms with van der Waals surface area (Å²) in [5.74, 6) is 0.567. The Hall–Kier alpha value is -2.17. The molecule has 24 heavy (non-hydrogen) atoms. The maximum Gasteiger partial charge on any atom is 0.251 e. The van der Waals surface area contributed by atoms with Crippen LogP contribution < -0.4 is 5.32 Å². The highest BCUT2D eigenvalue weighted by atomic mass is 16.2. The van der Waals surface area contributed by atoms with Crippen LogP contribution in [0.3, 0.4) is 0 Å². The highest BCUT2D eigenvalue weighted by Gasteiger charge is 2.39. The molecular formula is C19H24N2O3. The molecule has 1 aliphatic heterocycles. The largest absolute Gasteiger partial charge is 0.345 e. The fraction of sp³-hybridized carbons (Fsp3) is 0.526. The van der Waals surface area contributed by atoms with Crippen molar-refractivity contribution in [1.82, 2.24) is 10.2 Å². The number of hydrogen-bond donors (Lipinski definition) is 1. The number of rotatable bonds is 6. The van der Waals surface area contributed by atoms with Crippen molar-refractivity contribution in [2.24, 2.45) is 11.8 Å². The third-order valence-corrected chi connectivity index (χ3v) is 4.81. The summed E-state index contributed by atoms with van der Waals surface area (Å²) in [4.78, 5) is 37.7. The summed E-state index contributed by atoms with van der Waals surface area (Å²) in [7, 11) is 0. The third kappa shape index (κ3) is 3.66. The molecule has 2 amide bonds. The van der Waals surface area contributed by atoms with Crippen LogP contribution in [-0.4, -0.2) is 42.1 Å². The number of carbonyl (C=O) groups excluding carboxylic acids is 3. The second kappa shape index (κ2) is 6.75. The number of benzene rings is 1. The number of ketones is 1. The molecule has 5 heteroatoms. The Kier molecular flexibility index (Phi) is 4.69. The van der Waals surface area contributed by atoms with E-state index in [2.05, 4.69) is 5.32 Å². The fourth-order valence-corrected chi connectivity index (χ4v) is 2.87. The number of nitrogens with zero attached hydrogens (tertiary/aromatic N) is 1. The van der Waals surface area contributed by atoms with Gasteiger partial charge in [-0.15, -0.1) is 0 Å². The molecule has 1 aliphatic carbocycles. The Bertz CT molecular complexity index is 658. The van der Waals surface area contributed by atoms with E-state index < -0.39 is 0 Å². The van der Waals surface area contributed by atoms with Crippen LogP contribution in [0, 0.1) is 11.8 Å². The Morgan fingerprint density at radius 2 is 1.92 bits per heavy atom. The van der Waals surface area contributed by atoms with Crippen molar-refractivity contribution in [1.29, 1.82) is 0 Å². The number of Topliss-reactive ketones (excluding diaryl/α,β-unsaturated/α-hetero) is 1. The minimum absolute atomic E-state index is 0.0210. The summed E-state index contributed by atoms with van der Waals surface area (Å²) in [6.45, 7) is 5.19. The van der Waals surface area contributed by atoms with E-state index in [1.807, 2.05) is 36.9 Å². The van der Waals surface area contributed by atoms with Gasteiger partial charge in [-0.05, 0) is 30.5 Å². The molecule has 0 radical (unpaired) electrons. The minimum Gasteiger partial charge on any atom is -0.345 e. The second-order valence-electron chi connectivity index (χ2n) is 7.14. The summed E-state index contributed by atoms with van der Waals surface area (Å²) in [5, 5.41) is 2.68. The van der Waals surface area contributed by atoms with E-state index >= 15 is 0 Å². The molecule has 1 aromatic rings. The molecule has 0 bridgehead atoms. The van der Waals surface area contributed by atoms with E-state index in [0.717, 1.165) is 31.5 Å². The van der Waals surface area contributed by atoms with Crippen LogP contribution in [0.25, 0.3) is 0 Å². The Morgan fingerprint density at radius 1 is 1.21 bits per heavy atom. The van der Waals surface area contributed by atoms with Gasteiger partial charge in [0, 0.05) is 36.4 Å². The Balaban J connectivity index is 1.55. The summed E-state index contributed by atoms with van der Waals surface area (Å²) in [6.07, 6.45) is 2.06. The van der Waals surface area contributed by atoms with Crippen LogP contribution in [-0.2, 0) is 9.59 Å². The quantitative estimate of drug-likeness (QED) is 0.868. The van der Waals surface area contributed by atoms with Crippen LogP contribution in [0.15, 0.2) is 24.3 Å². The fourth-order valence-electron chi connectivity index (χ4n) is 2.87. The zero-order valence-electron chi connectivity index (χ0n) is 14.2. The van der Waals surface area contributed by atoms with Gasteiger partial charge in [0.2, 0.25) is 5.91 Å². The molecule has 1 N–H and O–H groups in total. The molecule has 1 saturated heterocycles. The van der Waals surface area contributed by atoms with Crippen LogP contribution in [0.2, 0.25) is 0 Å². The SMILES string of the molecule is CC(C)C(=O)CNC(=O)c1cccc(C2CN(C(=O)C3CC3)C2)c1. The molecule has 1 saturated carbocycles. The molecule has 0 unspecified atom stereocenters. The first-order chi connectivity index (χ1) is 11.5. The molecule has 0 aromatic heterocycles. The average molecular weight is 328 g/mol. The highest BCUT2D eigenvalue weighted by Crippen LogP contribution is 2.35. The lowest BCUT2D eigenvalue weighted by molar-refractivity contribution is -0.137. The highest BCUT2D eigenvalue weighted by molar-refractivity contribution is 5.97. The molecule has 128 valence electrons. The topological polar surface area (TPSA) is 66.5 Å². The van der Waals surface area contributed by atoms with Gasteiger partial charge in [0.25, 0.3) is 5.91 Å². The zero-order valence-corrected chi connectivity index (χ0v) is 14.2. The predicted octanol–water partition coefficient (Wildman–Crippen LogP) is 1.98. The first-order valence-electron chi connectivity index (χ1n) is 8.65. The van der Waals surface area contributed by atoms with Gasteiger partial charge in [-0.3, -0.25) is 14.4 Å². The van der Waals surface area contributed by atoms with E-state index in [9.17, 15) is 14.4 Å². The molecule has 0 spiro atoms. The molecule has 1 heterocycles. The van der Waals surface area contributed by atoms with E-state index in [1.54, 1.807) is 6.07 Å². The zero-order chi connectivity index (χ0) is 17.3. The first-order valence-corrected chi connectivity index (χ1v) is 8.65. The maximum absolute atomic E-state index is 12.2. The second-order valence-corrected chi connectivity index (χ2v) is 7.14. The average Bonchev–Trinajstić information content (AvgIpc) is 3.35. The summed E-state index contributed by atoms with van der Waals surface area (Å²) in [6, 6.07) is 7.49. The van der Waals surface area contributed by atoms with Crippen molar-refractivity contribution in [3.05, 3.63) is 35.4 Å². The summed E-state index contributed by atoms with van der Waals surface area (Å²) < 4.78 is 0.